The second-order valence-corrected chi connectivity index (χ2v) is 4.44. The number of phenols is 1. The summed E-state index contributed by atoms with van der Waals surface area (Å²) < 4.78 is 0. The van der Waals surface area contributed by atoms with Gasteiger partial charge in [0.05, 0.1) is 6.42 Å². The minimum absolute atomic E-state index is 0.0233. The quantitative estimate of drug-likeness (QED) is 0.850. The van der Waals surface area contributed by atoms with Gasteiger partial charge in [0.25, 0.3) is 5.91 Å². The number of nitrogens with zero attached hydrogens (tertiary/aromatic N) is 1. The fourth-order valence-electron chi connectivity index (χ4n) is 2.32. The number of benzene rings is 1. The predicted octanol–water partition coefficient (Wildman–Crippen LogP) is 1.47. The van der Waals surface area contributed by atoms with Crippen LogP contribution in [0.25, 0.3) is 0 Å². The van der Waals surface area contributed by atoms with Crippen LogP contribution >= 0.6 is 0 Å². The van der Waals surface area contributed by atoms with Crippen LogP contribution in [0, 0.1) is 0 Å². The highest BCUT2D eigenvalue weighted by molar-refractivity contribution is 5.95. The number of phenolic OH excluding ortho intramolecular Hbond substituents is 1. The number of amides is 1. The summed E-state index contributed by atoms with van der Waals surface area (Å²) >= 11 is 0. The fraction of sp³-hybridized carbons (Fsp3) is 0.385. The SMILES string of the molecule is O=C(O)CC1CCCN1C(=O)c1cccc(O)c1. The third-order valence-electron chi connectivity index (χ3n) is 3.14. The van der Waals surface area contributed by atoms with E-state index in [9.17, 15) is 14.7 Å². The second kappa shape index (κ2) is 5.08. The summed E-state index contributed by atoms with van der Waals surface area (Å²) in [6.45, 7) is 0.576. The van der Waals surface area contributed by atoms with Crippen molar-refractivity contribution < 1.29 is 19.8 Å². The van der Waals surface area contributed by atoms with Crippen molar-refractivity contribution in [1.29, 1.82) is 0 Å². The van der Waals surface area contributed by atoms with Crippen LogP contribution in [0.1, 0.15) is 29.6 Å². The first-order valence-corrected chi connectivity index (χ1v) is 5.89. The number of carboxylic acids is 1. The standard InChI is InChI=1S/C13H15NO4/c15-11-5-1-3-9(7-11)13(18)14-6-2-4-10(14)8-12(16)17/h1,3,5,7,10,15H,2,4,6,8H2,(H,16,17). The molecule has 0 saturated carbocycles. The van der Waals surface area contributed by atoms with Crippen LogP contribution in [-0.2, 0) is 4.79 Å². The number of aromatic hydroxyl groups is 1. The van der Waals surface area contributed by atoms with Gasteiger partial charge < -0.3 is 15.1 Å². The molecule has 1 amide bonds. The van der Waals surface area contributed by atoms with Crippen molar-refractivity contribution in [3.05, 3.63) is 29.8 Å². The van der Waals surface area contributed by atoms with Crippen molar-refractivity contribution >= 4 is 11.9 Å². The van der Waals surface area contributed by atoms with Crippen LogP contribution in [0.5, 0.6) is 5.75 Å². The lowest BCUT2D eigenvalue weighted by atomic mass is 10.1. The zero-order chi connectivity index (χ0) is 13.1. The Morgan fingerprint density at radius 3 is 2.83 bits per heavy atom. The number of carbonyl (C=O) groups is 2. The molecule has 0 aromatic heterocycles. The van der Waals surface area contributed by atoms with Gasteiger partial charge in [-0.1, -0.05) is 6.07 Å². The summed E-state index contributed by atoms with van der Waals surface area (Å²) in [5, 5.41) is 18.2. The molecule has 0 bridgehead atoms. The maximum absolute atomic E-state index is 12.2. The van der Waals surface area contributed by atoms with Gasteiger partial charge >= 0.3 is 5.97 Å². The smallest absolute Gasteiger partial charge is 0.305 e. The molecule has 5 nitrogen and oxygen atoms in total. The van der Waals surface area contributed by atoms with Gasteiger partial charge in [0.15, 0.2) is 0 Å². The summed E-state index contributed by atoms with van der Waals surface area (Å²) in [7, 11) is 0. The van der Waals surface area contributed by atoms with Crippen molar-refractivity contribution in [2.45, 2.75) is 25.3 Å². The van der Waals surface area contributed by atoms with Crippen LogP contribution in [0.2, 0.25) is 0 Å². The van der Waals surface area contributed by atoms with E-state index in [1.807, 2.05) is 0 Å². The Labute approximate surface area is 105 Å². The molecule has 1 fully saturated rings. The van der Waals surface area contributed by atoms with Gasteiger partial charge in [-0.2, -0.15) is 0 Å². The average molecular weight is 249 g/mol. The zero-order valence-electron chi connectivity index (χ0n) is 9.87. The van der Waals surface area contributed by atoms with E-state index in [-0.39, 0.29) is 24.1 Å². The molecule has 96 valence electrons. The zero-order valence-corrected chi connectivity index (χ0v) is 9.87. The normalized spacial score (nSPS) is 18.9. The maximum atomic E-state index is 12.2. The molecule has 1 aliphatic heterocycles. The minimum atomic E-state index is -0.893. The van der Waals surface area contributed by atoms with Gasteiger partial charge in [-0.15, -0.1) is 0 Å². The van der Waals surface area contributed by atoms with Crippen molar-refractivity contribution in [1.82, 2.24) is 4.90 Å². The molecule has 0 spiro atoms. The molecule has 2 rings (SSSR count). The van der Waals surface area contributed by atoms with Crippen molar-refractivity contribution in [2.24, 2.45) is 0 Å². The number of likely N-dealkylation sites (tertiary alicyclic amines) is 1. The van der Waals surface area contributed by atoms with E-state index in [0.29, 0.717) is 12.1 Å². The molecular weight excluding hydrogens is 234 g/mol. The van der Waals surface area contributed by atoms with E-state index >= 15 is 0 Å². The molecule has 2 N–H and O–H groups in total. The van der Waals surface area contributed by atoms with Gasteiger partial charge in [0, 0.05) is 18.2 Å². The third-order valence-corrected chi connectivity index (χ3v) is 3.14. The fourth-order valence-corrected chi connectivity index (χ4v) is 2.32. The number of carbonyl (C=O) groups excluding carboxylic acids is 1. The van der Waals surface area contributed by atoms with Crippen molar-refractivity contribution in [2.75, 3.05) is 6.54 Å². The highest BCUT2D eigenvalue weighted by Gasteiger charge is 2.30. The molecule has 1 atom stereocenters. The number of aliphatic carboxylic acids is 1. The lowest BCUT2D eigenvalue weighted by Crippen LogP contribution is -2.36. The molecule has 1 unspecified atom stereocenters. The molecule has 5 heteroatoms. The lowest BCUT2D eigenvalue weighted by molar-refractivity contribution is -0.137. The first-order chi connectivity index (χ1) is 8.58. The summed E-state index contributed by atoms with van der Waals surface area (Å²) in [5.74, 6) is -1.07. The van der Waals surface area contributed by atoms with Gasteiger partial charge in [-0.05, 0) is 31.0 Å². The van der Waals surface area contributed by atoms with Gasteiger partial charge in [-0.25, -0.2) is 0 Å². The highest BCUT2D eigenvalue weighted by atomic mass is 16.4. The number of hydrogen-bond donors (Lipinski definition) is 2. The summed E-state index contributed by atoms with van der Waals surface area (Å²) in [6, 6.07) is 5.88. The van der Waals surface area contributed by atoms with E-state index < -0.39 is 5.97 Å². The lowest BCUT2D eigenvalue weighted by Gasteiger charge is -2.23. The number of carboxylic acid groups (broad SMARTS) is 1. The Morgan fingerprint density at radius 1 is 1.39 bits per heavy atom. The number of rotatable bonds is 3. The molecule has 0 radical (unpaired) electrons. The number of hydrogen-bond acceptors (Lipinski definition) is 3. The molecule has 1 aliphatic rings. The van der Waals surface area contributed by atoms with Crippen LogP contribution in [0.4, 0.5) is 0 Å². The molecule has 18 heavy (non-hydrogen) atoms. The Balaban J connectivity index is 2.15. The van der Waals surface area contributed by atoms with E-state index in [2.05, 4.69) is 0 Å². The molecule has 1 aromatic carbocycles. The van der Waals surface area contributed by atoms with E-state index in [1.54, 1.807) is 17.0 Å². The Kier molecular flexibility index (Phi) is 3.50. The second-order valence-electron chi connectivity index (χ2n) is 4.44. The first-order valence-electron chi connectivity index (χ1n) is 5.89. The van der Waals surface area contributed by atoms with Gasteiger partial charge in [0.2, 0.25) is 0 Å². The first kappa shape index (κ1) is 12.4. The molecule has 1 saturated heterocycles. The predicted molar refractivity (Wildman–Crippen MR) is 64.4 cm³/mol. The van der Waals surface area contributed by atoms with E-state index in [0.717, 1.165) is 12.8 Å². The Morgan fingerprint density at radius 2 is 2.17 bits per heavy atom. The van der Waals surface area contributed by atoms with Crippen LogP contribution in [0.3, 0.4) is 0 Å². The molecular formula is C13H15NO4. The van der Waals surface area contributed by atoms with Gasteiger partial charge in [0.1, 0.15) is 5.75 Å². The van der Waals surface area contributed by atoms with E-state index in [4.69, 9.17) is 5.11 Å². The molecule has 0 aliphatic carbocycles. The van der Waals surface area contributed by atoms with Gasteiger partial charge in [-0.3, -0.25) is 9.59 Å². The minimum Gasteiger partial charge on any atom is -0.508 e. The maximum Gasteiger partial charge on any atom is 0.305 e. The molecule has 1 heterocycles. The van der Waals surface area contributed by atoms with Crippen LogP contribution in [0.15, 0.2) is 24.3 Å². The largest absolute Gasteiger partial charge is 0.508 e. The summed E-state index contributed by atoms with van der Waals surface area (Å²) in [6.07, 6.45) is 1.52. The Hall–Kier alpha value is -2.04. The average Bonchev–Trinajstić information content (AvgIpc) is 2.75. The van der Waals surface area contributed by atoms with Crippen molar-refractivity contribution in [3.63, 3.8) is 0 Å². The monoisotopic (exact) mass is 249 g/mol. The summed E-state index contributed by atoms with van der Waals surface area (Å²) in [4.78, 5) is 24.5. The third kappa shape index (κ3) is 2.61. The molecule has 1 aromatic rings. The van der Waals surface area contributed by atoms with Crippen LogP contribution in [-0.4, -0.2) is 39.6 Å². The van der Waals surface area contributed by atoms with Crippen molar-refractivity contribution in [3.8, 4) is 5.75 Å². The topological polar surface area (TPSA) is 77.8 Å². The van der Waals surface area contributed by atoms with E-state index in [1.165, 1.54) is 12.1 Å². The van der Waals surface area contributed by atoms with Crippen LogP contribution < -0.4 is 0 Å². The highest BCUT2D eigenvalue weighted by Crippen LogP contribution is 2.23. The summed E-state index contributed by atoms with van der Waals surface area (Å²) in [5.41, 5.74) is 0.396. The Bertz CT molecular complexity index is 472.